The second-order valence-electron chi connectivity index (χ2n) is 1.30. The van der Waals surface area contributed by atoms with Crippen molar-refractivity contribution in [2.75, 3.05) is 0 Å². The van der Waals surface area contributed by atoms with Crippen molar-refractivity contribution in [2.24, 2.45) is 0 Å². The molecule has 0 spiro atoms. The maximum absolute atomic E-state index is 2.23. The van der Waals surface area contributed by atoms with Gasteiger partial charge >= 0.3 is 53.5 Å². The molecular weight excluding hydrogens is 267 g/mol. The number of hydrogen-bond acceptors (Lipinski definition) is 0. The summed E-state index contributed by atoms with van der Waals surface area (Å²) in [7, 11) is 0. The molecule has 1 heteroatoms. The summed E-state index contributed by atoms with van der Waals surface area (Å²) in [6.45, 7) is 0. The Bertz CT molecular complexity index is 80.1. The second kappa shape index (κ2) is 1.91. The molecule has 0 amide bonds. The molecule has 1 aliphatic carbocycles. The Morgan fingerprint density at radius 2 is 1.67 bits per heavy atom. The molecule has 0 heterocycles. The normalized spacial score (nSPS) is 20.2. The van der Waals surface area contributed by atoms with Gasteiger partial charge in [-0.05, 0) is 0 Å². The standard InChI is InChI=1S/C5H5.Pb/c1-2-4-5-3-1;/h1-5H;. The first-order chi connectivity index (χ1) is 2.89. The van der Waals surface area contributed by atoms with Crippen LogP contribution in [0.3, 0.4) is 0 Å². The summed E-state index contributed by atoms with van der Waals surface area (Å²) in [5, 5.41) is 0. The average Bonchev–Trinajstić information content (AvgIpc) is 1.86. The van der Waals surface area contributed by atoms with Crippen LogP contribution >= 0.6 is 0 Å². The van der Waals surface area contributed by atoms with Crippen LogP contribution in [0.5, 0.6) is 0 Å². The van der Waals surface area contributed by atoms with Crippen molar-refractivity contribution in [2.45, 2.75) is 3.48 Å². The molecule has 1 aliphatic rings. The van der Waals surface area contributed by atoms with Crippen LogP contribution in [0.1, 0.15) is 0 Å². The minimum absolute atomic E-state index is 0.824. The summed E-state index contributed by atoms with van der Waals surface area (Å²) < 4.78 is 0.824. The summed E-state index contributed by atoms with van der Waals surface area (Å²) in [6, 6.07) is 0. The zero-order valence-corrected chi connectivity index (χ0v) is 7.27. The Hall–Kier alpha value is 0.402. The van der Waals surface area contributed by atoms with Crippen molar-refractivity contribution in [1.29, 1.82) is 0 Å². The van der Waals surface area contributed by atoms with Crippen molar-refractivity contribution < 1.29 is 0 Å². The first kappa shape index (κ1) is 4.56. The first-order valence-corrected chi connectivity index (χ1v) is 4.20. The van der Waals surface area contributed by atoms with E-state index in [1.165, 1.54) is 25.8 Å². The van der Waals surface area contributed by atoms with E-state index in [1.54, 1.807) is 0 Å². The van der Waals surface area contributed by atoms with E-state index in [4.69, 9.17) is 0 Å². The van der Waals surface area contributed by atoms with Gasteiger partial charge in [0.2, 0.25) is 0 Å². The van der Waals surface area contributed by atoms with Crippen molar-refractivity contribution in [1.82, 2.24) is 0 Å². The molecule has 0 bridgehead atoms. The van der Waals surface area contributed by atoms with Gasteiger partial charge in [0.25, 0.3) is 0 Å². The van der Waals surface area contributed by atoms with Gasteiger partial charge < -0.3 is 0 Å². The quantitative estimate of drug-likeness (QED) is 0.579. The van der Waals surface area contributed by atoms with Crippen LogP contribution in [-0.4, -0.2) is 25.8 Å². The molecule has 3 radical (unpaired) electrons. The van der Waals surface area contributed by atoms with Gasteiger partial charge in [0.05, 0.1) is 0 Å². The van der Waals surface area contributed by atoms with Gasteiger partial charge in [0.15, 0.2) is 0 Å². The zero-order valence-electron chi connectivity index (χ0n) is 3.39. The summed E-state index contributed by atoms with van der Waals surface area (Å²) in [4.78, 5) is 0. The fourth-order valence-electron chi connectivity index (χ4n) is 0.432. The van der Waals surface area contributed by atoms with Crippen LogP contribution < -0.4 is 0 Å². The van der Waals surface area contributed by atoms with Gasteiger partial charge in [-0.15, -0.1) is 0 Å². The van der Waals surface area contributed by atoms with Gasteiger partial charge in [0, 0.05) is 0 Å². The fourth-order valence-corrected chi connectivity index (χ4v) is 1.30. The third-order valence-electron chi connectivity index (χ3n) is 0.748. The Balaban J connectivity index is 2.60. The molecule has 29 valence electrons. The van der Waals surface area contributed by atoms with E-state index in [0.29, 0.717) is 0 Å². The molecule has 0 saturated heterocycles. The number of hydrogen-bond donors (Lipinski definition) is 0. The topological polar surface area (TPSA) is 0 Å². The van der Waals surface area contributed by atoms with Crippen LogP contribution in [0.4, 0.5) is 0 Å². The van der Waals surface area contributed by atoms with Crippen LogP contribution in [0.15, 0.2) is 24.3 Å². The van der Waals surface area contributed by atoms with Crippen LogP contribution in [0.2, 0.25) is 3.48 Å². The van der Waals surface area contributed by atoms with Gasteiger partial charge in [-0.2, -0.15) is 0 Å². The van der Waals surface area contributed by atoms with E-state index >= 15 is 0 Å². The van der Waals surface area contributed by atoms with E-state index in [9.17, 15) is 0 Å². The van der Waals surface area contributed by atoms with Crippen molar-refractivity contribution in [3.8, 4) is 0 Å². The maximum atomic E-state index is 2.23. The van der Waals surface area contributed by atoms with Gasteiger partial charge in [-0.1, -0.05) is 0 Å². The summed E-state index contributed by atoms with van der Waals surface area (Å²) in [6.07, 6.45) is 8.67. The molecule has 0 unspecified atom stereocenters. The molecule has 0 N–H and O–H groups in total. The summed E-state index contributed by atoms with van der Waals surface area (Å²) >= 11 is 1.28. The van der Waals surface area contributed by atoms with Crippen LogP contribution in [0, 0.1) is 0 Å². The Morgan fingerprint density at radius 1 is 1.17 bits per heavy atom. The number of allylic oxidation sites excluding steroid dienone is 4. The summed E-state index contributed by atoms with van der Waals surface area (Å²) in [5.41, 5.74) is 0. The second-order valence-corrected chi connectivity index (χ2v) is 3.89. The third-order valence-corrected chi connectivity index (χ3v) is 2.24. The monoisotopic (exact) mass is 273 g/mol. The fraction of sp³-hybridized carbons (Fsp3) is 0.200. The van der Waals surface area contributed by atoms with E-state index in [2.05, 4.69) is 24.3 Å². The Morgan fingerprint density at radius 3 is 1.83 bits per heavy atom. The minimum atomic E-state index is 0.824. The molecule has 0 saturated carbocycles. The molecule has 0 atom stereocenters. The molecule has 1 rings (SSSR count). The molecule has 0 aliphatic heterocycles. The molecule has 6 heavy (non-hydrogen) atoms. The Kier molecular flexibility index (Phi) is 1.45. The van der Waals surface area contributed by atoms with Crippen LogP contribution in [0.25, 0.3) is 0 Å². The van der Waals surface area contributed by atoms with Gasteiger partial charge in [0.1, 0.15) is 0 Å². The predicted octanol–water partition coefficient (Wildman–Crippen LogP) is 1.07. The average molecular weight is 272 g/mol. The van der Waals surface area contributed by atoms with E-state index in [1.807, 2.05) is 0 Å². The van der Waals surface area contributed by atoms with Crippen molar-refractivity contribution in [3.05, 3.63) is 24.3 Å². The van der Waals surface area contributed by atoms with Gasteiger partial charge in [-0.25, -0.2) is 0 Å². The van der Waals surface area contributed by atoms with E-state index in [-0.39, 0.29) is 0 Å². The van der Waals surface area contributed by atoms with Crippen molar-refractivity contribution in [3.63, 3.8) is 0 Å². The third kappa shape index (κ3) is 0.930. The van der Waals surface area contributed by atoms with E-state index in [0.717, 1.165) is 3.48 Å². The predicted molar refractivity (Wildman–Crippen MR) is 27.8 cm³/mol. The summed E-state index contributed by atoms with van der Waals surface area (Å²) in [5.74, 6) is 0. The number of rotatable bonds is 0. The van der Waals surface area contributed by atoms with Crippen LogP contribution in [-0.2, 0) is 0 Å². The zero-order chi connectivity index (χ0) is 4.41. The van der Waals surface area contributed by atoms with E-state index < -0.39 is 0 Å². The molecule has 0 aromatic rings. The van der Waals surface area contributed by atoms with Gasteiger partial charge in [-0.3, -0.25) is 0 Å². The molecule has 0 nitrogen and oxygen atoms in total. The SMILES string of the molecule is [Pb][CH]1C=CC=C1. The first-order valence-electron chi connectivity index (χ1n) is 1.96. The molecule has 0 fully saturated rings. The molecular formula is C5H5Pb. The Labute approximate surface area is 53.6 Å². The molecule has 0 aromatic carbocycles. The van der Waals surface area contributed by atoms with Crippen molar-refractivity contribution >= 4 is 25.8 Å². The molecule has 0 aromatic heterocycles.